The van der Waals surface area contributed by atoms with Crippen LogP contribution in [0.1, 0.15) is 15.9 Å². The van der Waals surface area contributed by atoms with Gasteiger partial charge in [-0.1, -0.05) is 24.3 Å². The van der Waals surface area contributed by atoms with E-state index in [0.29, 0.717) is 16.5 Å². The number of para-hydroxylation sites is 1. The van der Waals surface area contributed by atoms with Crippen LogP contribution in [0.25, 0.3) is 32.7 Å². The average Bonchev–Trinajstić information content (AvgIpc) is 2.95. The van der Waals surface area contributed by atoms with Crippen LogP contribution in [0.3, 0.4) is 0 Å². The third kappa shape index (κ3) is 1.81. The van der Waals surface area contributed by atoms with E-state index in [9.17, 15) is 9.90 Å². The Morgan fingerprint density at radius 1 is 1.04 bits per heavy atom. The number of hydrogen-bond donors (Lipinski definition) is 1. The Labute approximate surface area is 131 Å². The van der Waals surface area contributed by atoms with Crippen LogP contribution in [0, 0.1) is 6.92 Å². The molecule has 4 aromatic rings. The molecule has 0 aliphatic heterocycles. The quantitative estimate of drug-likeness (QED) is 0.524. The number of benzene rings is 3. The standard InChI is InChI=1S/C19H14O4/c1-10-11-7-8-16-18(12-5-3-4-6-15(12)23-16)17(11)14(20)9-13(10)19(21)22-2/h3-9,20H,1-2H3. The third-order valence-electron chi connectivity index (χ3n) is 4.29. The molecule has 3 aromatic carbocycles. The molecule has 1 N–H and O–H groups in total. The van der Waals surface area contributed by atoms with Crippen LogP contribution in [0.4, 0.5) is 0 Å². The summed E-state index contributed by atoms with van der Waals surface area (Å²) in [6.07, 6.45) is 0. The minimum atomic E-state index is -0.461. The lowest BCUT2D eigenvalue weighted by Gasteiger charge is -2.10. The smallest absolute Gasteiger partial charge is 0.338 e. The van der Waals surface area contributed by atoms with E-state index in [2.05, 4.69) is 0 Å². The molecule has 0 bridgehead atoms. The van der Waals surface area contributed by atoms with Gasteiger partial charge in [0.2, 0.25) is 0 Å². The monoisotopic (exact) mass is 306 g/mol. The fraction of sp³-hybridized carbons (Fsp3) is 0.105. The summed E-state index contributed by atoms with van der Waals surface area (Å²) < 4.78 is 10.6. The Hall–Kier alpha value is -3.01. The van der Waals surface area contributed by atoms with Crippen LogP contribution in [0.15, 0.2) is 46.9 Å². The summed E-state index contributed by atoms with van der Waals surface area (Å²) in [7, 11) is 1.33. The van der Waals surface area contributed by atoms with Crippen LogP contribution >= 0.6 is 0 Å². The minimum absolute atomic E-state index is 0.0446. The van der Waals surface area contributed by atoms with Gasteiger partial charge in [-0.25, -0.2) is 4.79 Å². The lowest BCUT2D eigenvalue weighted by molar-refractivity contribution is 0.0599. The van der Waals surface area contributed by atoms with E-state index < -0.39 is 5.97 Å². The Kier molecular flexibility index (Phi) is 2.81. The normalized spacial score (nSPS) is 11.4. The fourth-order valence-corrected chi connectivity index (χ4v) is 3.18. The van der Waals surface area contributed by atoms with Gasteiger partial charge in [0.15, 0.2) is 0 Å². The first-order chi connectivity index (χ1) is 11.1. The van der Waals surface area contributed by atoms with E-state index >= 15 is 0 Å². The van der Waals surface area contributed by atoms with Gasteiger partial charge in [0.05, 0.1) is 12.7 Å². The van der Waals surface area contributed by atoms with Crippen LogP contribution in [-0.2, 0) is 4.74 Å². The molecule has 0 spiro atoms. The maximum Gasteiger partial charge on any atom is 0.338 e. The first-order valence-electron chi connectivity index (χ1n) is 7.26. The van der Waals surface area contributed by atoms with Crippen molar-refractivity contribution in [3.8, 4) is 5.75 Å². The molecule has 0 saturated carbocycles. The number of fused-ring (bicyclic) bond motifs is 5. The number of phenols is 1. The second kappa shape index (κ2) is 4.74. The molecule has 4 rings (SSSR count). The van der Waals surface area contributed by atoms with Crippen molar-refractivity contribution in [1.82, 2.24) is 0 Å². The Morgan fingerprint density at radius 2 is 1.83 bits per heavy atom. The highest BCUT2D eigenvalue weighted by molar-refractivity contribution is 6.22. The molecule has 0 fully saturated rings. The maximum atomic E-state index is 11.9. The van der Waals surface area contributed by atoms with Crippen molar-refractivity contribution in [2.45, 2.75) is 6.92 Å². The number of esters is 1. The topological polar surface area (TPSA) is 59.7 Å². The maximum absolute atomic E-state index is 11.9. The molecule has 114 valence electrons. The molecular weight excluding hydrogens is 292 g/mol. The second-order valence-corrected chi connectivity index (χ2v) is 5.52. The average molecular weight is 306 g/mol. The fourth-order valence-electron chi connectivity index (χ4n) is 3.18. The summed E-state index contributed by atoms with van der Waals surface area (Å²) in [5.41, 5.74) is 2.62. The van der Waals surface area contributed by atoms with Gasteiger partial charge in [0.1, 0.15) is 16.9 Å². The zero-order valence-corrected chi connectivity index (χ0v) is 12.7. The molecule has 0 saturated heterocycles. The highest BCUT2D eigenvalue weighted by Gasteiger charge is 2.19. The van der Waals surface area contributed by atoms with Crippen molar-refractivity contribution in [3.05, 3.63) is 53.6 Å². The van der Waals surface area contributed by atoms with Gasteiger partial charge in [-0.2, -0.15) is 0 Å². The lowest BCUT2D eigenvalue weighted by Crippen LogP contribution is -2.04. The molecule has 0 atom stereocenters. The van der Waals surface area contributed by atoms with E-state index in [1.807, 2.05) is 43.3 Å². The zero-order valence-electron chi connectivity index (χ0n) is 12.7. The van der Waals surface area contributed by atoms with E-state index in [0.717, 1.165) is 27.3 Å². The van der Waals surface area contributed by atoms with E-state index in [4.69, 9.17) is 9.15 Å². The van der Waals surface area contributed by atoms with Gasteiger partial charge in [0.25, 0.3) is 0 Å². The van der Waals surface area contributed by atoms with Crippen LogP contribution in [0.5, 0.6) is 5.75 Å². The number of hydrogen-bond acceptors (Lipinski definition) is 4. The van der Waals surface area contributed by atoms with Crippen molar-refractivity contribution >= 4 is 38.7 Å². The first kappa shape index (κ1) is 13.6. The van der Waals surface area contributed by atoms with Crippen molar-refractivity contribution in [1.29, 1.82) is 0 Å². The third-order valence-corrected chi connectivity index (χ3v) is 4.29. The Bertz CT molecular complexity index is 1090. The number of ether oxygens (including phenoxy) is 1. The number of methoxy groups -OCH3 is 1. The molecule has 0 aliphatic rings. The lowest BCUT2D eigenvalue weighted by atomic mass is 9.96. The predicted molar refractivity (Wildman–Crippen MR) is 89.0 cm³/mol. The summed E-state index contributed by atoms with van der Waals surface area (Å²) in [6, 6.07) is 12.9. The molecular formula is C19H14O4. The second-order valence-electron chi connectivity index (χ2n) is 5.52. The number of phenolic OH excluding ortho intramolecular Hbond substituents is 1. The van der Waals surface area contributed by atoms with Crippen molar-refractivity contribution in [2.24, 2.45) is 0 Å². The van der Waals surface area contributed by atoms with Crippen LogP contribution < -0.4 is 0 Å². The van der Waals surface area contributed by atoms with Gasteiger partial charge < -0.3 is 14.3 Å². The summed E-state index contributed by atoms with van der Waals surface area (Å²) in [5.74, 6) is -0.417. The number of furan rings is 1. The summed E-state index contributed by atoms with van der Waals surface area (Å²) >= 11 is 0. The molecule has 4 heteroatoms. The minimum Gasteiger partial charge on any atom is -0.507 e. The van der Waals surface area contributed by atoms with Gasteiger partial charge >= 0.3 is 5.97 Å². The molecule has 1 aromatic heterocycles. The summed E-state index contributed by atoms with van der Waals surface area (Å²) in [4.78, 5) is 11.9. The zero-order chi connectivity index (χ0) is 16.1. The van der Waals surface area contributed by atoms with E-state index in [1.54, 1.807) is 0 Å². The molecule has 23 heavy (non-hydrogen) atoms. The molecule has 0 amide bonds. The van der Waals surface area contributed by atoms with E-state index in [-0.39, 0.29) is 5.75 Å². The summed E-state index contributed by atoms with van der Waals surface area (Å²) in [6.45, 7) is 1.85. The van der Waals surface area contributed by atoms with Crippen molar-refractivity contribution < 1.29 is 19.1 Å². The molecule has 0 unspecified atom stereocenters. The predicted octanol–water partition coefficient (Wildman–Crippen LogP) is 4.54. The first-order valence-corrected chi connectivity index (χ1v) is 7.26. The number of carbonyl (C=O) groups is 1. The van der Waals surface area contributed by atoms with Gasteiger partial charge in [-0.3, -0.25) is 0 Å². The highest BCUT2D eigenvalue weighted by Crippen LogP contribution is 2.40. The largest absolute Gasteiger partial charge is 0.507 e. The van der Waals surface area contributed by atoms with Gasteiger partial charge in [-0.15, -0.1) is 0 Å². The summed E-state index contributed by atoms with van der Waals surface area (Å²) in [5, 5.41) is 13.8. The van der Waals surface area contributed by atoms with Crippen molar-refractivity contribution in [3.63, 3.8) is 0 Å². The molecule has 0 aliphatic carbocycles. The highest BCUT2D eigenvalue weighted by atomic mass is 16.5. The van der Waals surface area contributed by atoms with Gasteiger partial charge in [0, 0.05) is 16.2 Å². The number of aryl methyl sites for hydroxylation is 1. The van der Waals surface area contributed by atoms with Gasteiger partial charge in [-0.05, 0) is 36.1 Å². The number of rotatable bonds is 1. The molecule has 1 heterocycles. The van der Waals surface area contributed by atoms with Crippen LogP contribution in [0.2, 0.25) is 0 Å². The Balaban J connectivity index is 2.23. The Morgan fingerprint density at radius 3 is 2.61 bits per heavy atom. The number of aromatic hydroxyl groups is 1. The van der Waals surface area contributed by atoms with Crippen LogP contribution in [-0.4, -0.2) is 18.2 Å². The van der Waals surface area contributed by atoms with E-state index in [1.165, 1.54) is 13.2 Å². The molecule has 0 radical (unpaired) electrons. The number of carbonyl (C=O) groups excluding carboxylic acids is 1. The SMILES string of the molecule is COC(=O)c1cc(O)c2c(ccc3oc4ccccc4c32)c1C. The molecule has 4 nitrogen and oxygen atoms in total. The van der Waals surface area contributed by atoms with Crippen molar-refractivity contribution in [2.75, 3.05) is 7.11 Å².